The van der Waals surface area contributed by atoms with Gasteiger partial charge in [0.1, 0.15) is 17.4 Å². The van der Waals surface area contributed by atoms with E-state index in [2.05, 4.69) is 21.2 Å². The molecule has 2 aromatic rings. The lowest BCUT2D eigenvalue weighted by molar-refractivity contribution is -0.112. The molecule has 22 heavy (non-hydrogen) atoms. The first-order valence-corrected chi connectivity index (χ1v) is 8.04. The number of hydrogen-bond acceptors (Lipinski definition) is 3. The number of carbonyl (C=O) groups excluding carboxylic acids is 1. The highest BCUT2D eigenvalue weighted by Crippen LogP contribution is 2.22. The molecule has 2 N–H and O–H groups in total. The Labute approximate surface area is 149 Å². The number of carbonyl (C=O) groups is 1. The molecule has 0 bridgehead atoms. The average Bonchev–Trinajstić information content (AvgIpc) is 2.48. The van der Waals surface area contributed by atoms with Gasteiger partial charge in [0.25, 0.3) is 5.91 Å². The van der Waals surface area contributed by atoms with Gasteiger partial charge in [-0.05, 0) is 64.6 Å². The first-order valence-electron chi connectivity index (χ1n) is 6.17. The van der Waals surface area contributed by atoms with E-state index in [1.165, 1.54) is 12.1 Å². The van der Waals surface area contributed by atoms with Gasteiger partial charge >= 0.3 is 0 Å². The Kier molecular flexibility index (Phi) is 5.57. The molecule has 0 aliphatic carbocycles. The number of halogens is 2. The van der Waals surface area contributed by atoms with Crippen LogP contribution in [0.25, 0.3) is 6.08 Å². The molecular formula is C16H10BrIN2O2. The summed E-state index contributed by atoms with van der Waals surface area (Å²) in [5, 5.41) is 21.3. The van der Waals surface area contributed by atoms with Gasteiger partial charge in [0.05, 0.1) is 3.57 Å². The molecule has 110 valence electrons. The number of phenols is 1. The predicted molar refractivity (Wildman–Crippen MR) is 97.2 cm³/mol. The van der Waals surface area contributed by atoms with Crippen molar-refractivity contribution in [2.75, 3.05) is 5.32 Å². The Bertz CT molecular complexity index is 797. The summed E-state index contributed by atoms with van der Waals surface area (Å²) < 4.78 is 1.48. The van der Waals surface area contributed by atoms with E-state index in [4.69, 9.17) is 0 Å². The van der Waals surface area contributed by atoms with Crippen LogP contribution < -0.4 is 5.32 Å². The van der Waals surface area contributed by atoms with Crippen LogP contribution in [0.15, 0.2) is 52.5 Å². The minimum absolute atomic E-state index is 0.0125. The number of anilines is 1. The fourth-order valence-corrected chi connectivity index (χ4v) is 2.63. The molecule has 2 aromatic carbocycles. The SMILES string of the molecule is N#C/C(=C/c1ccc(O)c(I)c1)C(=O)Nc1cccc(Br)c1. The van der Waals surface area contributed by atoms with Gasteiger partial charge in [-0.15, -0.1) is 0 Å². The van der Waals surface area contributed by atoms with Crippen LogP contribution in [-0.2, 0) is 4.79 Å². The molecule has 0 saturated carbocycles. The topological polar surface area (TPSA) is 73.1 Å². The lowest BCUT2D eigenvalue weighted by Crippen LogP contribution is -2.13. The van der Waals surface area contributed by atoms with E-state index < -0.39 is 5.91 Å². The van der Waals surface area contributed by atoms with Crippen molar-refractivity contribution in [3.63, 3.8) is 0 Å². The summed E-state index contributed by atoms with van der Waals surface area (Å²) in [6.45, 7) is 0. The highest BCUT2D eigenvalue weighted by atomic mass is 127. The molecule has 0 atom stereocenters. The van der Waals surface area contributed by atoms with Gasteiger partial charge in [0.15, 0.2) is 0 Å². The number of nitrogens with one attached hydrogen (secondary N) is 1. The summed E-state index contributed by atoms with van der Waals surface area (Å²) in [5.74, 6) is -0.321. The second kappa shape index (κ2) is 7.42. The van der Waals surface area contributed by atoms with Crippen molar-refractivity contribution in [3.8, 4) is 11.8 Å². The second-order valence-electron chi connectivity index (χ2n) is 4.35. The summed E-state index contributed by atoms with van der Waals surface area (Å²) in [6, 6.07) is 13.9. The van der Waals surface area contributed by atoms with Gasteiger partial charge in [-0.3, -0.25) is 4.79 Å². The van der Waals surface area contributed by atoms with Gasteiger partial charge in [0.2, 0.25) is 0 Å². The van der Waals surface area contributed by atoms with E-state index in [-0.39, 0.29) is 11.3 Å². The van der Waals surface area contributed by atoms with Crippen molar-refractivity contribution in [1.29, 1.82) is 5.26 Å². The van der Waals surface area contributed by atoms with E-state index in [1.807, 2.05) is 34.7 Å². The number of aromatic hydroxyl groups is 1. The van der Waals surface area contributed by atoms with E-state index in [9.17, 15) is 15.2 Å². The van der Waals surface area contributed by atoms with Crippen LogP contribution in [0, 0.1) is 14.9 Å². The third kappa shape index (κ3) is 4.32. The standard InChI is InChI=1S/C16H10BrIN2O2/c17-12-2-1-3-13(8-12)20-16(22)11(9-19)6-10-4-5-15(21)14(18)7-10/h1-8,21H,(H,20,22)/b11-6-. The zero-order chi connectivity index (χ0) is 16.1. The first kappa shape index (κ1) is 16.5. The van der Waals surface area contributed by atoms with Gasteiger partial charge in [0, 0.05) is 10.2 Å². The molecular weight excluding hydrogens is 459 g/mol. The molecule has 4 nitrogen and oxygen atoms in total. The van der Waals surface area contributed by atoms with Crippen molar-refractivity contribution < 1.29 is 9.90 Å². The predicted octanol–water partition coefficient (Wildman–Crippen LogP) is 4.30. The third-order valence-corrected chi connectivity index (χ3v) is 4.09. The Balaban J connectivity index is 2.23. The van der Waals surface area contributed by atoms with Crippen LogP contribution in [-0.4, -0.2) is 11.0 Å². The number of nitriles is 1. The summed E-state index contributed by atoms with van der Waals surface area (Å²) in [6.07, 6.45) is 1.48. The van der Waals surface area contributed by atoms with Crippen molar-refractivity contribution in [2.24, 2.45) is 0 Å². The number of amides is 1. The van der Waals surface area contributed by atoms with Crippen molar-refractivity contribution in [1.82, 2.24) is 0 Å². The maximum Gasteiger partial charge on any atom is 0.266 e. The summed E-state index contributed by atoms with van der Waals surface area (Å²) in [5.41, 5.74) is 1.26. The van der Waals surface area contributed by atoms with Crippen LogP contribution >= 0.6 is 38.5 Å². The molecule has 1 amide bonds. The quantitative estimate of drug-likeness (QED) is 0.400. The van der Waals surface area contributed by atoms with Crippen LogP contribution in [0.2, 0.25) is 0 Å². The second-order valence-corrected chi connectivity index (χ2v) is 6.42. The van der Waals surface area contributed by atoms with E-state index in [1.54, 1.807) is 30.3 Å². The van der Waals surface area contributed by atoms with Crippen molar-refractivity contribution >= 4 is 56.2 Å². The van der Waals surface area contributed by atoms with Crippen molar-refractivity contribution in [3.05, 3.63) is 61.6 Å². The maximum absolute atomic E-state index is 12.1. The maximum atomic E-state index is 12.1. The zero-order valence-corrected chi connectivity index (χ0v) is 14.9. The molecule has 0 unspecified atom stereocenters. The Morgan fingerprint density at radius 1 is 1.32 bits per heavy atom. The molecule has 6 heteroatoms. The lowest BCUT2D eigenvalue weighted by Gasteiger charge is -2.05. The largest absolute Gasteiger partial charge is 0.507 e. The third-order valence-electron chi connectivity index (χ3n) is 2.73. The Morgan fingerprint density at radius 2 is 2.09 bits per heavy atom. The number of rotatable bonds is 3. The fourth-order valence-electron chi connectivity index (χ4n) is 1.69. The number of nitrogens with zero attached hydrogens (tertiary/aromatic N) is 1. The Morgan fingerprint density at radius 3 is 2.73 bits per heavy atom. The molecule has 0 aliphatic rings. The first-order chi connectivity index (χ1) is 10.5. The molecule has 0 fully saturated rings. The van der Waals surface area contributed by atoms with E-state index in [0.717, 1.165) is 4.47 Å². The average molecular weight is 469 g/mol. The zero-order valence-electron chi connectivity index (χ0n) is 11.2. The molecule has 2 rings (SSSR count). The highest BCUT2D eigenvalue weighted by molar-refractivity contribution is 14.1. The smallest absolute Gasteiger partial charge is 0.266 e. The number of benzene rings is 2. The summed E-state index contributed by atoms with van der Waals surface area (Å²) in [7, 11) is 0. The molecule has 0 aromatic heterocycles. The molecule has 0 aliphatic heterocycles. The van der Waals surface area contributed by atoms with E-state index in [0.29, 0.717) is 14.8 Å². The van der Waals surface area contributed by atoms with Gasteiger partial charge in [-0.2, -0.15) is 5.26 Å². The summed E-state index contributed by atoms with van der Waals surface area (Å²) >= 11 is 5.30. The monoisotopic (exact) mass is 468 g/mol. The molecule has 0 radical (unpaired) electrons. The van der Waals surface area contributed by atoms with Crippen LogP contribution in [0.5, 0.6) is 5.75 Å². The van der Waals surface area contributed by atoms with Crippen LogP contribution in [0.4, 0.5) is 5.69 Å². The van der Waals surface area contributed by atoms with Crippen LogP contribution in [0.1, 0.15) is 5.56 Å². The summed E-state index contributed by atoms with van der Waals surface area (Å²) in [4.78, 5) is 12.1. The lowest BCUT2D eigenvalue weighted by atomic mass is 10.1. The Hall–Kier alpha value is -1.85. The van der Waals surface area contributed by atoms with Crippen LogP contribution in [0.3, 0.4) is 0 Å². The van der Waals surface area contributed by atoms with E-state index >= 15 is 0 Å². The highest BCUT2D eigenvalue weighted by Gasteiger charge is 2.10. The number of phenolic OH excluding ortho intramolecular Hbond substituents is 1. The molecule has 0 spiro atoms. The normalized spacial score (nSPS) is 10.9. The minimum atomic E-state index is -0.483. The van der Waals surface area contributed by atoms with Gasteiger partial charge < -0.3 is 10.4 Å². The fraction of sp³-hybridized carbons (Fsp3) is 0. The molecule has 0 heterocycles. The van der Waals surface area contributed by atoms with Gasteiger partial charge in [-0.25, -0.2) is 0 Å². The minimum Gasteiger partial charge on any atom is -0.507 e. The van der Waals surface area contributed by atoms with Gasteiger partial charge in [-0.1, -0.05) is 28.1 Å². The number of hydrogen-bond donors (Lipinski definition) is 2. The molecule has 0 saturated heterocycles. The van der Waals surface area contributed by atoms with Crippen molar-refractivity contribution in [2.45, 2.75) is 0 Å².